The summed E-state index contributed by atoms with van der Waals surface area (Å²) in [7, 11) is 0. The highest BCUT2D eigenvalue weighted by Gasteiger charge is 2.24. The molecule has 2 atom stereocenters. The van der Waals surface area contributed by atoms with Gasteiger partial charge in [-0.15, -0.1) is 0 Å². The summed E-state index contributed by atoms with van der Waals surface area (Å²) in [6, 6.07) is 0. The summed E-state index contributed by atoms with van der Waals surface area (Å²) in [4.78, 5) is 11.3. The fourth-order valence-corrected chi connectivity index (χ4v) is 1.28. The van der Waals surface area contributed by atoms with Crippen LogP contribution in [0.2, 0.25) is 0 Å². The van der Waals surface area contributed by atoms with E-state index in [2.05, 4.69) is 6.92 Å². The van der Waals surface area contributed by atoms with Crippen molar-refractivity contribution >= 4 is 5.78 Å². The van der Waals surface area contributed by atoms with Crippen molar-refractivity contribution in [2.75, 3.05) is 0 Å². The number of allylic oxidation sites excluding steroid dienone is 2. The standard InChI is InChI=1S/C9H14O/c1-6-4-5-7(2)9(10)8(6)3/h5-6,8H,4H2,1-3H3/t6-,8-/m0/s1. The number of Topliss-reactive ketones (excluding diaryl/α,β-unsaturated/α-hetero) is 1. The van der Waals surface area contributed by atoms with E-state index in [9.17, 15) is 4.79 Å². The first kappa shape index (κ1) is 7.52. The van der Waals surface area contributed by atoms with E-state index >= 15 is 0 Å². The van der Waals surface area contributed by atoms with Crippen LogP contribution in [0.25, 0.3) is 0 Å². The predicted molar refractivity (Wildman–Crippen MR) is 41.7 cm³/mol. The van der Waals surface area contributed by atoms with Gasteiger partial charge in [0.2, 0.25) is 0 Å². The Balaban J connectivity index is 2.81. The number of rotatable bonds is 0. The minimum atomic E-state index is 0.241. The molecule has 0 fully saturated rings. The molecule has 1 heteroatoms. The highest BCUT2D eigenvalue weighted by molar-refractivity contribution is 5.97. The molecule has 0 unspecified atom stereocenters. The lowest BCUT2D eigenvalue weighted by molar-refractivity contribution is -0.120. The second kappa shape index (κ2) is 2.57. The molecule has 0 spiro atoms. The van der Waals surface area contributed by atoms with Gasteiger partial charge in [-0.05, 0) is 24.8 Å². The van der Waals surface area contributed by atoms with Gasteiger partial charge in [0.1, 0.15) is 0 Å². The molecule has 0 aromatic heterocycles. The molecule has 0 aliphatic heterocycles. The third-order valence-corrected chi connectivity index (χ3v) is 2.45. The summed E-state index contributed by atoms with van der Waals surface area (Å²) in [5, 5.41) is 0. The Hall–Kier alpha value is -0.590. The van der Waals surface area contributed by atoms with Crippen LogP contribution < -0.4 is 0 Å². The number of ketones is 1. The quantitative estimate of drug-likeness (QED) is 0.501. The molecule has 0 aromatic rings. The fourth-order valence-electron chi connectivity index (χ4n) is 1.28. The average molecular weight is 138 g/mol. The molecule has 0 N–H and O–H groups in total. The molecule has 1 aliphatic carbocycles. The van der Waals surface area contributed by atoms with Crippen LogP contribution in [0.3, 0.4) is 0 Å². The van der Waals surface area contributed by atoms with Crippen molar-refractivity contribution < 1.29 is 4.79 Å². The summed E-state index contributed by atoms with van der Waals surface area (Å²) in [6.45, 7) is 6.06. The highest BCUT2D eigenvalue weighted by Crippen LogP contribution is 2.25. The SMILES string of the molecule is CC1=CC[C@H](C)[C@H](C)C1=O. The Bertz CT molecular complexity index is 179. The van der Waals surface area contributed by atoms with E-state index in [0.29, 0.717) is 11.7 Å². The third-order valence-electron chi connectivity index (χ3n) is 2.45. The molecule has 10 heavy (non-hydrogen) atoms. The van der Waals surface area contributed by atoms with Gasteiger partial charge < -0.3 is 0 Å². The number of hydrogen-bond donors (Lipinski definition) is 0. The molecule has 0 saturated heterocycles. The second-order valence-corrected chi connectivity index (χ2v) is 3.25. The first-order chi connectivity index (χ1) is 4.63. The van der Waals surface area contributed by atoms with Crippen LogP contribution in [0.1, 0.15) is 27.2 Å². The molecule has 1 aliphatic rings. The van der Waals surface area contributed by atoms with Crippen LogP contribution in [0.4, 0.5) is 0 Å². The molecular formula is C9H14O. The van der Waals surface area contributed by atoms with E-state index in [-0.39, 0.29) is 5.92 Å². The molecular weight excluding hydrogens is 124 g/mol. The Labute approximate surface area is 62.1 Å². The highest BCUT2D eigenvalue weighted by atomic mass is 16.1. The largest absolute Gasteiger partial charge is 0.294 e. The smallest absolute Gasteiger partial charge is 0.161 e. The van der Waals surface area contributed by atoms with Gasteiger partial charge in [0.15, 0.2) is 5.78 Å². The van der Waals surface area contributed by atoms with Crippen LogP contribution in [0.15, 0.2) is 11.6 Å². The zero-order chi connectivity index (χ0) is 7.72. The van der Waals surface area contributed by atoms with Gasteiger partial charge in [0.25, 0.3) is 0 Å². The monoisotopic (exact) mass is 138 g/mol. The Kier molecular flexibility index (Phi) is 1.93. The van der Waals surface area contributed by atoms with Crippen molar-refractivity contribution in [1.29, 1.82) is 0 Å². The van der Waals surface area contributed by atoms with Crippen LogP contribution in [-0.2, 0) is 4.79 Å². The first-order valence-electron chi connectivity index (χ1n) is 3.84. The summed E-state index contributed by atoms with van der Waals surface area (Å²) in [6.07, 6.45) is 3.12. The van der Waals surface area contributed by atoms with Crippen LogP contribution in [0, 0.1) is 11.8 Å². The molecule has 0 aromatic carbocycles. The van der Waals surface area contributed by atoms with Crippen LogP contribution in [0.5, 0.6) is 0 Å². The maximum absolute atomic E-state index is 11.3. The molecule has 0 heterocycles. The van der Waals surface area contributed by atoms with Crippen molar-refractivity contribution in [3.8, 4) is 0 Å². The minimum absolute atomic E-state index is 0.241. The Morgan fingerprint density at radius 3 is 2.60 bits per heavy atom. The third kappa shape index (κ3) is 1.13. The van der Waals surface area contributed by atoms with Gasteiger partial charge in [-0.1, -0.05) is 19.9 Å². The molecule has 1 nitrogen and oxygen atoms in total. The predicted octanol–water partition coefficient (Wildman–Crippen LogP) is 2.18. The second-order valence-electron chi connectivity index (χ2n) is 3.25. The Morgan fingerprint density at radius 1 is 1.50 bits per heavy atom. The van der Waals surface area contributed by atoms with Crippen LogP contribution in [-0.4, -0.2) is 5.78 Å². The van der Waals surface area contributed by atoms with E-state index in [1.807, 2.05) is 19.9 Å². The normalized spacial score (nSPS) is 33.9. The summed E-state index contributed by atoms with van der Waals surface area (Å²) < 4.78 is 0. The van der Waals surface area contributed by atoms with Crippen molar-refractivity contribution in [1.82, 2.24) is 0 Å². The number of hydrogen-bond acceptors (Lipinski definition) is 1. The maximum Gasteiger partial charge on any atom is 0.161 e. The van der Waals surface area contributed by atoms with Crippen molar-refractivity contribution in [2.24, 2.45) is 11.8 Å². The molecule has 1 rings (SSSR count). The van der Waals surface area contributed by atoms with Gasteiger partial charge in [-0.3, -0.25) is 4.79 Å². The van der Waals surface area contributed by atoms with Crippen molar-refractivity contribution in [3.05, 3.63) is 11.6 Å². The topological polar surface area (TPSA) is 17.1 Å². The van der Waals surface area contributed by atoms with E-state index in [1.165, 1.54) is 0 Å². The van der Waals surface area contributed by atoms with E-state index < -0.39 is 0 Å². The Morgan fingerprint density at radius 2 is 2.10 bits per heavy atom. The van der Waals surface area contributed by atoms with Gasteiger partial charge in [0, 0.05) is 5.92 Å². The fraction of sp³-hybridized carbons (Fsp3) is 0.667. The maximum atomic E-state index is 11.3. The lowest BCUT2D eigenvalue weighted by Crippen LogP contribution is -2.23. The summed E-state index contributed by atoms with van der Waals surface area (Å²) in [5.41, 5.74) is 0.950. The summed E-state index contributed by atoms with van der Waals surface area (Å²) in [5.74, 6) is 1.11. The number of carbonyl (C=O) groups excluding carboxylic acids is 1. The zero-order valence-corrected chi connectivity index (χ0v) is 6.85. The minimum Gasteiger partial charge on any atom is -0.294 e. The molecule has 0 amide bonds. The lowest BCUT2D eigenvalue weighted by atomic mass is 9.81. The van der Waals surface area contributed by atoms with Crippen molar-refractivity contribution in [3.63, 3.8) is 0 Å². The van der Waals surface area contributed by atoms with Gasteiger partial charge in [0.05, 0.1) is 0 Å². The molecule has 0 radical (unpaired) electrons. The molecule has 0 saturated carbocycles. The van der Waals surface area contributed by atoms with Crippen LogP contribution >= 0.6 is 0 Å². The summed E-state index contributed by atoms with van der Waals surface area (Å²) >= 11 is 0. The lowest BCUT2D eigenvalue weighted by Gasteiger charge is -2.22. The number of carbonyl (C=O) groups is 1. The molecule has 0 bridgehead atoms. The zero-order valence-electron chi connectivity index (χ0n) is 6.85. The first-order valence-corrected chi connectivity index (χ1v) is 3.84. The molecule has 56 valence electrons. The van der Waals surface area contributed by atoms with E-state index in [4.69, 9.17) is 0 Å². The van der Waals surface area contributed by atoms with Gasteiger partial charge in [-0.25, -0.2) is 0 Å². The average Bonchev–Trinajstić information content (AvgIpc) is 1.93. The van der Waals surface area contributed by atoms with Gasteiger partial charge in [-0.2, -0.15) is 0 Å². The van der Waals surface area contributed by atoms with Crippen molar-refractivity contribution in [2.45, 2.75) is 27.2 Å². The van der Waals surface area contributed by atoms with E-state index in [1.54, 1.807) is 0 Å². The van der Waals surface area contributed by atoms with Gasteiger partial charge >= 0.3 is 0 Å². The van der Waals surface area contributed by atoms with E-state index in [0.717, 1.165) is 12.0 Å².